The highest BCUT2D eigenvalue weighted by Crippen LogP contribution is 2.70. The first kappa shape index (κ1) is 20.2. The summed E-state index contributed by atoms with van der Waals surface area (Å²) in [5, 5.41) is 11.0. The van der Waals surface area contributed by atoms with Gasteiger partial charge in [0.15, 0.2) is 0 Å². The molecule has 0 heterocycles. The SMILES string of the molecule is CC(C)c1cccc(C2[C@H]3CC[C@](C)([C@H]2O)C3(C)C)c1.CCCC=O. The summed E-state index contributed by atoms with van der Waals surface area (Å²) in [7, 11) is 0. The van der Waals surface area contributed by atoms with Crippen molar-refractivity contribution in [3.8, 4) is 0 Å². The van der Waals surface area contributed by atoms with Crippen LogP contribution in [-0.2, 0) is 4.79 Å². The van der Waals surface area contributed by atoms with Crippen molar-refractivity contribution in [1.29, 1.82) is 0 Å². The summed E-state index contributed by atoms with van der Waals surface area (Å²) in [6, 6.07) is 8.93. The molecule has 0 amide bonds. The van der Waals surface area contributed by atoms with Crippen LogP contribution < -0.4 is 0 Å². The highest BCUT2D eigenvalue weighted by molar-refractivity contribution is 5.48. The van der Waals surface area contributed by atoms with Gasteiger partial charge in [-0.05, 0) is 53.1 Å². The normalized spacial score (nSPS) is 32.4. The first-order valence-corrected chi connectivity index (χ1v) is 9.92. The monoisotopic (exact) mass is 344 g/mol. The molecule has 2 aliphatic carbocycles. The van der Waals surface area contributed by atoms with Crippen molar-refractivity contribution in [3.63, 3.8) is 0 Å². The van der Waals surface area contributed by atoms with Crippen LogP contribution in [0.1, 0.15) is 90.2 Å². The molecule has 2 aliphatic rings. The average molecular weight is 345 g/mol. The zero-order chi connectivity index (χ0) is 18.8. The molecule has 0 spiro atoms. The third-order valence-electron chi connectivity index (χ3n) is 7.17. The van der Waals surface area contributed by atoms with Gasteiger partial charge < -0.3 is 9.90 Å². The number of fused-ring (bicyclic) bond motifs is 2. The van der Waals surface area contributed by atoms with Gasteiger partial charge >= 0.3 is 0 Å². The van der Waals surface area contributed by atoms with Gasteiger partial charge in [-0.2, -0.15) is 0 Å². The summed E-state index contributed by atoms with van der Waals surface area (Å²) in [5.74, 6) is 1.49. The highest BCUT2D eigenvalue weighted by atomic mass is 16.3. The van der Waals surface area contributed by atoms with Crippen molar-refractivity contribution in [3.05, 3.63) is 35.4 Å². The van der Waals surface area contributed by atoms with E-state index in [0.29, 0.717) is 24.2 Å². The second kappa shape index (κ2) is 7.61. The lowest BCUT2D eigenvalue weighted by molar-refractivity contribution is -0.107. The minimum atomic E-state index is -0.196. The van der Waals surface area contributed by atoms with E-state index in [9.17, 15) is 9.90 Å². The van der Waals surface area contributed by atoms with Crippen LogP contribution in [0.3, 0.4) is 0 Å². The number of carbonyl (C=O) groups excluding carboxylic acids is 1. The maximum absolute atomic E-state index is 11.0. The number of benzene rings is 1. The highest BCUT2D eigenvalue weighted by Gasteiger charge is 2.65. The Labute approximate surface area is 154 Å². The summed E-state index contributed by atoms with van der Waals surface area (Å²) in [5.41, 5.74) is 3.06. The van der Waals surface area contributed by atoms with E-state index in [4.69, 9.17) is 0 Å². The minimum absolute atomic E-state index is 0.0795. The van der Waals surface area contributed by atoms with Crippen LogP contribution in [0.15, 0.2) is 24.3 Å². The predicted octanol–water partition coefficient (Wildman–Crippen LogP) is 5.70. The van der Waals surface area contributed by atoms with Crippen LogP contribution in [0.5, 0.6) is 0 Å². The third-order valence-corrected chi connectivity index (χ3v) is 7.17. The molecule has 140 valence electrons. The molecule has 1 unspecified atom stereocenters. The van der Waals surface area contributed by atoms with Gasteiger partial charge in [-0.3, -0.25) is 0 Å². The Kier molecular flexibility index (Phi) is 6.14. The van der Waals surface area contributed by atoms with E-state index in [2.05, 4.69) is 58.9 Å². The molecule has 1 aromatic carbocycles. The summed E-state index contributed by atoms with van der Waals surface area (Å²) in [6.45, 7) is 13.5. The fourth-order valence-corrected chi connectivity index (χ4v) is 4.99. The van der Waals surface area contributed by atoms with E-state index >= 15 is 0 Å². The van der Waals surface area contributed by atoms with Crippen molar-refractivity contribution in [2.75, 3.05) is 0 Å². The molecule has 0 radical (unpaired) electrons. The molecule has 2 fully saturated rings. The van der Waals surface area contributed by atoms with Gasteiger partial charge in [0, 0.05) is 12.3 Å². The number of carbonyl (C=O) groups is 1. The molecule has 1 N–H and O–H groups in total. The van der Waals surface area contributed by atoms with Gasteiger partial charge in [-0.1, -0.05) is 65.8 Å². The summed E-state index contributed by atoms with van der Waals surface area (Å²) in [4.78, 5) is 9.40. The first-order chi connectivity index (χ1) is 11.7. The lowest BCUT2D eigenvalue weighted by Gasteiger charge is -2.37. The Bertz CT molecular complexity index is 590. The summed E-state index contributed by atoms with van der Waals surface area (Å²) in [6.07, 6.45) is 4.85. The van der Waals surface area contributed by atoms with E-state index in [0.717, 1.165) is 12.7 Å². The van der Waals surface area contributed by atoms with E-state index in [1.165, 1.54) is 24.0 Å². The van der Waals surface area contributed by atoms with E-state index in [1.54, 1.807) is 0 Å². The van der Waals surface area contributed by atoms with E-state index in [1.807, 2.05) is 6.92 Å². The van der Waals surface area contributed by atoms with Crippen molar-refractivity contribution >= 4 is 6.29 Å². The standard InChI is InChI=1S/C19H28O.C4H8O/c1-12(2)13-7-6-8-14(11-13)16-15-9-10-19(5,17(16)20)18(15,3)4;1-2-3-4-5/h6-8,11-12,15-17,20H,9-10H2,1-5H3;4H,2-3H2,1H3/t15-,16?,17+,19-;/m1./s1. The lowest BCUT2D eigenvalue weighted by atomic mass is 9.70. The van der Waals surface area contributed by atoms with Crippen molar-refractivity contribution in [2.45, 2.75) is 85.2 Å². The van der Waals surface area contributed by atoms with Gasteiger partial charge in [-0.25, -0.2) is 0 Å². The molecule has 4 atom stereocenters. The molecule has 2 heteroatoms. The maximum atomic E-state index is 11.0. The minimum Gasteiger partial charge on any atom is -0.392 e. The van der Waals surface area contributed by atoms with Crippen molar-refractivity contribution in [2.24, 2.45) is 16.7 Å². The number of rotatable bonds is 4. The van der Waals surface area contributed by atoms with Crippen LogP contribution in [-0.4, -0.2) is 17.5 Å². The van der Waals surface area contributed by atoms with Gasteiger partial charge in [0.05, 0.1) is 6.10 Å². The van der Waals surface area contributed by atoms with Crippen LogP contribution in [0, 0.1) is 16.7 Å². The molecule has 25 heavy (non-hydrogen) atoms. The predicted molar refractivity (Wildman–Crippen MR) is 105 cm³/mol. The summed E-state index contributed by atoms with van der Waals surface area (Å²) >= 11 is 0. The van der Waals surface area contributed by atoms with Crippen molar-refractivity contribution < 1.29 is 9.90 Å². The Morgan fingerprint density at radius 1 is 1.28 bits per heavy atom. The molecule has 3 rings (SSSR count). The van der Waals surface area contributed by atoms with Gasteiger partial charge in [0.2, 0.25) is 0 Å². The number of aliphatic hydroxyl groups is 1. The molecular formula is C23H36O2. The zero-order valence-corrected chi connectivity index (χ0v) is 16.9. The molecule has 2 saturated carbocycles. The summed E-state index contributed by atoms with van der Waals surface area (Å²) < 4.78 is 0. The largest absolute Gasteiger partial charge is 0.392 e. The Morgan fingerprint density at radius 3 is 2.40 bits per heavy atom. The smallest absolute Gasteiger partial charge is 0.119 e. The van der Waals surface area contributed by atoms with Crippen molar-refractivity contribution in [1.82, 2.24) is 0 Å². The molecule has 1 aromatic rings. The fraction of sp³-hybridized carbons (Fsp3) is 0.696. The quantitative estimate of drug-likeness (QED) is 0.712. The maximum Gasteiger partial charge on any atom is 0.119 e. The molecule has 2 bridgehead atoms. The number of hydrogen-bond acceptors (Lipinski definition) is 2. The Hall–Kier alpha value is -1.15. The first-order valence-electron chi connectivity index (χ1n) is 9.92. The van der Waals surface area contributed by atoms with Gasteiger partial charge in [0.25, 0.3) is 0 Å². The van der Waals surface area contributed by atoms with Crippen LogP contribution in [0.2, 0.25) is 0 Å². The fourth-order valence-electron chi connectivity index (χ4n) is 4.99. The number of aliphatic hydroxyl groups excluding tert-OH is 1. The molecule has 0 aliphatic heterocycles. The molecule has 2 nitrogen and oxygen atoms in total. The topological polar surface area (TPSA) is 37.3 Å². The van der Waals surface area contributed by atoms with Gasteiger partial charge in [-0.15, -0.1) is 0 Å². The molecule has 0 saturated heterocycles. The third kappa shape index (κ3) is 3.43. The zero-order valence-electron chi connectivity index (χ0n) is 16.9. The van der Waals surface area contributed by atoms with Crippen LogP contribution in [0.25, 0.3) is 0 Å². The van der Waals surface area contributed by atoms with Crippen LogP contribution in [0.4, 0.5) is 0 Å². The van der Waals surface area contributed by atoms with E-state index < -0.39 is 0 Å². The van der Waals surface area contributed by atoms with Gasteiger partial charge in [0.1, 0.15) is 6.29 Å². The lowest BCUT2D eigenvalue weighted by Crippen LogP contribution is -2.36. The second-order valence-electron chi connectivity index (χ2n) is 9.04. The number of unbranched alkanes of at least 4 members (excludes halogenated alkanes) is 1. The second-order valence-corrected chi connectivity index (χ2v) is 9.04. The number of aldehydes is 1. The Morgan fingerprint density at radius 2 is 1.96 bits per heavy atom. The molecule has 0 aromatic heterocycles. The molecular weight excluding hydrogens is 308 g/mol. The van der Waals surface area contributed by atoms with Crippen LogP contribution >= 0.6 is 0 Å². The average Bonchev–Trinajstić information content (AvgIpc) is 2.88. The number of hydrogen-bond donors (Lipinski definition) is 1. The Balaban J connectivity index is 0.000000399. The van der Waals surface area contributed by atoms with E-state index in [-0.39, 0.29) is 16.9 Å².